The van der Waals surface area contributed by atoms with Gasteiger partial charge in [-0.1, -0.05) is 12.1 Å². The molecule has 2 aliphatic heterocycles. The van der Waals surface area contributed by atoms with Crippen molar-refractivity contribution in [1.82, 2.24) is 0 Å². The van der Waals surface area contributed by atoms with Crippen molar-refractivity contribution in [3.63, 3.8) is 0 Å². The third-order valence-electron chi connectivity index (χ3n) is 6.08. The second kappa shape index (κ2) is 14.6. The Bertz CT molecular complexity index is 1580. The van der Waals surface area contributed by atoms with Crippen LogP contribution in [-0.4, -0.2) is 64.7 Å². The fourth-order valence-electron chi connectivity index (χ4n) is 4.32. The molecule has 0 saturated heterocycles. The number of aromatic hydroxyl groups is 2. The van der Waals surface area contributed by atoms with Crippen LogP contribution in [0.25, 0.3) is 0 Å². The maximum Gasteiger partial charge on any atom is 0.341 e. The topological polar surface area (TPSA) is 218 Å². The number of rotatable bonds is 5. The van der Waals surface area contributed by atoms with E-state index in [2.05, 4.69) is 18.9 Å². The molecule has 0 unspecified atom stereocenters. The Balaban J connectivity index is 0.000000265. The standard InChI is InChI=1S/C21H12O7.2C5H8O4/c22-10-4-6-13-16(8-10)27-17-9-11(23)5-7-14(17)21(13)15-3-1-2-12(19(24)25)18(15)20(26)28-21;2*1-4(6)8-3-9-5(2)7/h1-9,22-23H,(H,24,25);2*3H2,1-2H3. The van der Waals surface area contributed by atoms with Crippen LogP contribution in [-0.2, 0) is 48.5 Å². The summed E-state index contributed by atoms with van der Waals surface area (Å²) < 4.78 is 28.7. The number of fused-ring (bicyclic) bond motifs is 6. The van der Waals surface area contributed by atoms with E-state index >= 15 is 0 Å². The Kier molecular flexibility index (Phi) is 10.9. The third kappa shape index (κ3) is 7.88. The van der Waals surface area contributed by atoms with Crippen LogP contribution in [0, 0.1) is 0 Å². The minimum absolute atomic E-state index is 0.0325. The lowest BCUT2D eigenvalue weighted by Crippen LogP contribution is -2.32. The number of hydrogen-bond acceptors (Lipinski definition) is 14. The fourth-order valence-corrected chi connectivity index (χ4v) is 4.32. The molecule has 0 atom stereocenters. The molecule has 3 aromatic rings. The molecular formula is C31H28O15. The molecule has 2 heterocycles. The lowest BCUT2D eigenvalue weighted by Gasteiger charge is -2.36. The Labute approximate surface area is 260 Å². The number of carbonyl (C=O) groups excluding carboxylic acids is 5. The van der Waals surface area contributed by atoms with Crippen molar-refractivity contribution in [1.29, 1.82) is 0 Å². The Hall–Kier alpha value is -6.12. The van der Waals surface area contributed by atoms with Crippen molar-refractivity contribution in [2.24, 2.45) is 0 Å². The van der Waals surface area contributed by atoms with Gasteiger partial charge in [-0.25, -0.2) is 9.59 Å². The van der Waals surface area contributed by atoms with E-state index in [9.17, 15) is 44.1 Å². The SMILES string of the molecule is CC(=O)OCOC(C)=O.CC(=O)OCOC(C)=O.O=C(O)c1cccc2c1C(=O)OC21c2ccc(O)cc2Oc2cc(O)ccc21. The summed E-state index contributed by atoms with van der Waals surface area (Å²) in [5, 5.41) is 29.3. The molecule has 3 aromatic carbocycles. The Morgan fingerprint density at radius 1 is 0.674 bits per heavy atom. The first-order valence-electron chi connectivity index (χ1n) is 13.2. The van der Waals surface area contributed by atoms with Crippen LogP contribution in [0.5, 0.6) is 23.0 Å². The molecule has 1 spiro atoms. The number of carboxylic acids is 1. The van der Waals surface area contributed by atoms with Crippen molar-refractivity contribution in [3.05, 3.63) is 82.4 Å². The monoisotopic (exact) mass is 640 g/mol. The van der Waals surface area contributed by atoms with Gasteiger partial charge in [0.15, 0.2) is 5.60 Å². The van der Waals surface area contributed by atoms with Crippen LogP contribution in [0.1, 0.15) is 65.1 Å². The van der Waals surface area contributed by atoms with Crippen LogP contribution in [0.15, 0.2) is 54.6 Å². The van der Waals surface area contributed by atoms with Crippen LogP contribution in [0.3, 0.4) is 0 Å². The summed E-state index contributed by atoms with van der Waals surface area (Å²) in [5.41, 5.74) is -0.403. The van der Waals surface area contributed by atoms with Crippen molar-refractivity contribution < 1.29 is 72.5 Å². The van der Waals surface area contributed by atoms with Gasteiger partial charge in [-0.2, -0.15) is 0 Å². The molecule has 2 aliphatic rings. The van der Waals surface area contributed by atoms with E-state index in [0.29, 0.717) is 16.7 Å². The molecule has 3 N–H and O–H groups in total. The van der Waals surface area contributed by atoms with E-state index < -0.39 is 41.4 Å². The average Bonchev–Trinajstić information content (AvgIpc) is 3.25. The van der Waals surface area contributed by atoms with E-state index in [4.69, 9.17) is 9.47 Å². The van der Waals surface area contributed by atoms with E-state index in [1.165, 1.54) is 58.0 Å². The molecule has 0 radical (unpaired) electrons. The Morgan fingerprint density at radius 3 is 1.50 bits per heavy atom. The van der Waals surface area contributed by atoms with E-state index in [-0.39, 0.29) is 47.7 Å². The molecule has 46 heavy (non-hydrogen) atoms. The molecule has 0 saturated carbocycles. The lowest BCUT2D eigenvalue weighted by molar-refractivity contribution is -0.165. The minimum Gasteiger partial charge on any atom is -0.508 e. The molecule has 0 bridgehead atoms. The first-order valence-corrected chi connectivity index (χ1v) is 13.2. The average molecular weight is 641 g/mol. The second-order valence-electron chi connectivity index (χ2n) is 9.35. The van der Waals surface area contributed by atoms with Gasteiger partial charge in [-0.3, -0.25) is 19.2 Å². The number of ether oxygens (including phenoxy) is 6. The zero-order valence-corrected chi connectivity index (χ0v) is 24.9. The van der Waals surface area contributed by atoms with Crippen LogP contribution in [0.2, 0.25) is 0 Å². The molecule has 0 amide bonds. The second-order valence-corrected chi connectivity index (χ2v) is 9.35. The van der Waals surface area contributed by atoms with Gasteiger partial charge in [0.05, 0.1) is 11.1 Å². The van der Waals surface area contributed by atoms with Crippen LogP contribution >= 0.6 is 0 Å². The van der Waals surface area contributed by atoms with Crippen molar-refractivity contribution in [3.8, 4) is 23.0 Å². The fraction of sp³-hybridized carbons (Fsp3) is 0.226. The lowest BCUT2D eigenvalue weighted by atomic mass is 9.77. The maximum absolute atomic E-state index is 12.8. The summed E-state index contributed by atoms with van der Waals surface area (Å²) in [6.07, 6.45) is 0. The number of esters is 5. The molecule has 0 aliphatic carbocycles. The zero-order chi connectivity index (χ0) is 34.2. The van der Waals surface area contributed by atoms with Gasteiger partial charge in [-0.05, 0) is 30.3 Å². The summed E-state index contributed by atoms with van der Waals surface area (Å²) in [4.78, 5) is 64.5. The predicted octanol–water partition coefficient (Wildman–Crippen LogP) is 3.50. The first-order chi connectivity index (χ1) is 21.7. The number of carboxylic acid groups (broad SMARTS) is 1. The van der Waals surface area contributed by atoms with Crippen molar-refractivity contribution in [2.75, 3.05) is 13.6 Å². The number of benzene rings is 3. The predicted molar refractivity (Wildman–Crippen MR) is 152 cm³/mol. The summed E-state index contributed by atoms with van der Waals surface area (Å²) in [5.74, 6) is -3.50. The molecule has 0 aromatic heterocycles. The van der Waals surface area contributed by atoms with Crippen molar-refractivity contribution >= 4 is 35.8 Å². The highest BCUT2D eigenvalue weighted by molar-refractivity contribution is 6.06. The number of phenolic OH excluding ortho intramolecular Hbond substituents is 2. The van der Waals surface area contributed by atoms with Crippen LogP contribution in [0.4, 0.5) is 0 Å². The van der Waals surface area contributed by atoms with Gasteiger partial charge >= 0.3 is 35.8 Å². The zero-order valence-electron chi connectivity index (χ0n) is 24.9. The van der Waals surface area contributed by atoms with E-state index in [1.54, 1.807) is 24.3 Å². The number of carbonyl (C=O) groups is 6. The Morgan fingerprint density at radius 2 is 1.11 bits per heavy atom. The van der Waals surface area contributed by atoms with E-state index in [0.717, 1.165) is 0 Å². The van der Waals surface area contributed by atoms with Crippen LogP contribution < -0.4 is 4.74 Å². The minimum atomic E-state index is -1.46. The van der Waals surface area contributed by atoms with Gasteiger partial charge in [0.1, 0.15) is 23.0 Å². The van der Waals surface area contributed by atoms with Gasteiger partial charge in [0, 0.05) is 56.5 Å². The number of aromatic carboxylic acids is 1. The summed E-state index contributed by atoms with van der Waals surface area (Å²) in [7, 11) is 0. The number of phenols is 2. The molecular weight excluding hydrogens is 612 g/mol. The van der Waals surface area contributed by atoms with Gasteiger partial charge in [0.25, 0.3) is 0 Å². The number of hydrogen-bond donors (Lipinski definition) is 3. The molecule has 15 nitrogen and oxygen atoms in total. The van der Waals surface area contributed by atoms with E-state index in [1.807, 2.05) is 0 Å². The molecule has 0 fully saturated rings. The quantitative estimate of drug-likeness (QED) is 0.206. The highest BCUT2D eigenvalue weighted by Crippen LogP contribution is 2.57. The molecule has 242 valence electrons. The largest absolute Gasteiger partial charge is 0.508 e. The summed E-state index contributed by atoms with van der Waals surface area (Å²) in [6, 6.07) is 13.3. The highest BCUT2D eigenvalue weighted by Gasteiger charge is 2.54. The van der Waals surface area contributed by atoms with Gasteiger partial charge in [-0.15, -0.1) is 0 Å². The molecule has 15 heteroatoms. The normalized spacial score (nSPS) is 12.5. The smallest absolute Gasteiger partial charge is 0.341 e. The highest BCUT2D eigenvalue weighted by atomic mass is 16.7. The first kappa shape index (κ1) is 34.4. The molecule has 5 rings (SSSR count). The third-order valence-corrected chi connectivity index (χ3v) is 6.08. The van der Waals surface area contributed by atoms with Gasteiger partial charge < -0.3 is 43.7 Å². The maximum atomic E-state index is 12.8. The van der Waals surface area contributed by atoms with Gasteiger partial charge in [0.2, 0.25) is 13.6 Å². The summed E-state index contributed by atoms with van der Waals surface area (Å²) >= 11 is 0. The van der Waals surface area contributed by atoms with Crippen molar-refractivity contribution in [2.45, 2.75) is 33.3 Å². The summed E-state index contributed by atoms with van der Waals surface area (Å²) in [6.45, 7) is 4.38.